The normalized spacial score (nSPS) is 14.8. The summed E-state index contributed by atoms with van der Waals surface area (Å²) in [6.07, 6.45) is 1.12. The van der Waals surface area contributed by atoms with Crippen molar-refractivity contribution in [3.8, 4) is 0 Å². The Morgan fingerprint density at radius 2 is 1.22 bits per heavy atom. The van der Waals surface area contributed by atoms with Gasteiger partial charge < -0.3 is 10.6 Å². The van der Waals surface area contributed by atoms with Crippen molar-refractivity contribution in [1.29, 1.82) is 0 Å². The van der Waals surface area contributed by atoms with Gasteiger partial charge in [-0.2, -0.15) is 0 Å². The van der Waals surface area contributed by atoms with Crippen LogP contribution >= 0.6 is 0 Å². The van der Waals surface area contributed by atoms with Crippen molar-refractivity contribution in [1.82, 2.24) is 10.6 Å². The lowest BCUT2D eigenvalue weighted by Crippen LogP contribution is -2.52. The molecule has 0 aliphatic heterocycles. The topological polar surface area (TPSA) is 92.3 Å². The lowest BCUT2D eigenvalue weighted by Gasteiger charge is -2.26. The van der Waals surface area contributed by atoms with Gasteiger partial charge >= 0.3 is 0 Å². The molecular weight excluding hydrogens is 344 g/mol. The molecule has 156 valence electrons. The van der Waals surface area contributed by atoms with Gasteiger partial charge in [-0.1, -0.05) is 41.5 Å². The predicted octanol–water partition coefficient (Wildman–Crippen LogP) is 2.89. The van der Waals surface area contributed by atoms with Crippen molar-refractivity contribution in [3.05, 3.63) is 0 Å². The van der Waals surface area contributed by atoms with Gasteiger partial charge in [0.05, 0.1) is 6.04 Å². The molecule has 27 heavy (non-hydrogen) atoms. The van der Waals surface area contributed by atoms with Crippen molar-refractivity contribution in [2.45, 2.75) is 86.7 Å². The molecule has 2 amide bonds. The van der Waals surface area contributed by atoms with Crippen LogP contribution < -0.4 is 10.6 Å². The average molecular weight is 383 g/mol. The first-order chi connectivity index (χ1) is 12.3. The second-order valence-corrected chi connectivity index (χ2v) is 8.70. The molecule has 0 aromatic carbocycles. The maximum atomic E-state index is 12.8. The van der Waals surface area contributed by atoms with E-state index in [1.165, 1.54) is 13.8 Å². The van der Waals surface area contributed by atoms with Crippen LogP contribution in [-0.2, 0) is 19.2 Å². The van der Waals surface area contributed by atoms with Crippen molar-refractivity contribution in [2.24, 2.45) is 23.7 Å². The summed E-state index contributed by atoms with van der Waals surface area (Å²) in [7, 11) is 0. The molecule has 0 radical (unpaired) electrons. The van der Waals surface area contributed by atoms with E-state index in [4.69, 9.17) is 0 Å². The Morgan fingerprint density at radius 3 is 1.59 bits per heavy atom. The fourth-order valence-electron chi connectivity index (χ4n) is 3.17. The van der Waals surface area contributed by atoms with Gasteiger partial charge in [0.25, 0.3) is 0 Å². The zero-order valence-corrected chi connectivity index (χ0v) is 18.2. The summed E-state index contributed by atoms with van der Waals surface area (Å²) < 4.78 is 0. The van der Waals surface area contributed by atoms with Gasteiger partial charge in [0.15, 0.2) is 5.78 Å². The van der Waals surface area contributed by atoms with Gasteiger partial charge in [-0.15, -0.1) is 0 Å². The first-order valence-electron chi connectivity index (χ1n) is 9.95. The second-order valence-electron chi connectivity index (χ2n) is 8.70. The van der Waals surface area contributed by atoms with E-state index in [1.54, 1.807) is 0 Å². The molecule has 0 fully saturated rings. The highest BCUT2D eigenvalue weighted by Crippen LogP contribution is 2.19. The molecule has 6 nitrogen and oxygen atoms in total. The standard InChI is InChI=1S/C21H38N2O4/c1-12(2)9-18(20(26)11-17(14(5)6)15(7)24)23-21(27)19(10-13(3)4)22-16(8)25/h12-14,17-19H,9-11H2,1-8H3,(H,22,25)(H,23,27)/t17-,18-,19-/m0/s1. The van der Waals surface area contributed by atoms with Crippen LogP contribution in [0.5, 0.6) is 0 Å². The van der Waals surface area contributed by atoms with Crippen LogP contribution in [0.25, 0.3) is 0 Å². The molecule has 2 N–H and O–H groups in total. The Hall–Kier alpha value is -1.72. The van der Waals surface area contributed by atoms with Crippen molar-refractivity contribution in [2.75, 3.05) is 0 Å². The van der Waals surface area contributed by atoms with Crippen molar-refractivity contribution < 1.29 is 19.2 Å². The van der Waals surface area contributed by atoms with E-state index in [-0.39, 0.29) is 53.5 Å². The zero-order chi connectivity index (χ0) is 21.3. The van der Waals surface area contributed by atoms with E-state index < -0.39 is 12.1 Å². The molecule has 0 bridgehead atoms. The molecular formula is C21H38N2O4. The fraction of sp³-hybridized carbons (Fsp3) is 0.810. The van der Waals surface area contributed by atoms with E-state index in [0.717, 1.165) is 0 Å². The molecule has 0 aromatic rings. The third-order valence-electron chi connectivity index (χ3n) is 4.56. The number of nitrogens with one attached hydrogen (secondary N) is 2. The maximum absolute atomic E-state index is 12.8. The van der Waals surface area contributed by atoms with E-state index in [2.05, 4.69) is 10.6 Å². The number of Topliss-reactive ketones (excluding diaryl/α,β-unsaturated/α-hetero) is 2. The molecule has 6 heteroatoms. The molecule has 0 aliphatic rings. The second kappa shape index (κ2) is 11.9. The van der Waals surface area contributed by atoms with Gasteiger partial charge in [0, 0.05) is 19.3 Å². The molecule has 0 rings (SSSR count). The summed E-state index contributed by atoms with van der Waals surface area (Å²) >= 11 is 0. The highest BCUT2D eigenvalue weighted by molar-refractivity contribution is 5.94. The number of hydrogen-bond acceptors (Lipinski definition) is 4. The first kappa shape index (κ1) is 25.3. The molecule has 0 spiro atoms. The van der Waals surface area contributed by atoms with Gasteiger partial charge in [-0.05, 0) is 37.5 Å². The quantitative estimate of drug-likeness (QED) is 0.543. The third-order valence-corrected chi connectivity index (χ3v) is 4.56. The minimum atomic E-state index is -0.668. The van der Waals surface area contributed by atoms with Crippen molar-refractivity contribution >= 4 is 23.4 Å². The first-order valence-corrected chi connectivity index (χ1v) is 9.95. The van der Waals surface area contributed by atoms with Gasteiger partial charge in [-0.3, -0.25) is 19.2 Å². The van der Waals surface area contributed by atoms with Crippen LogP contribution in [0.1, 0.15) is 74.7 Å². The Kier molecular flexibility index (Phi) is 11.1. The van der Waals surface area contributed by atoms with Crippen molar-refractivity contribution in [3.63, 3.8) is 0 Å². The Bertz CT molecular complexity index is 526. The zero-order valence-electron chi connectivity index (χ0n) is 18.2. The highest BCUT2D eigenvalue weighted by Gasteiger charge is 2.30. The third kappa shape index (κ3) is 10.3. The minimum Gasteiger partial charge on any atom is -0.345 e. The van der Waals surface area contributed by atoms with Crippen LogP contribution in [0, 0.1) is 23.7 Å². The van der Waals surface area contributed by atoms with E-state index in [1.807, 2.05) is 41.5 Å². The minimum absolute atomic E-state index is 0.0103. The van der Waals surface area contributed by atoms with Crippen LogP contribution in [0.3, 0.4) is 0 Å². The monoisotopic (exact) mass is 382 g/mol. The SMILES string of the molecule is CC(=O)N[C@@H](CC(C)C)C(=O)N[C@@H](CC(C)C)C(=O)C[C@H](C(C)=O)C(C)C. The summed E-state index contributed by atoms with van der Waals surface area (Å²) in [5.41, 5.74) is 0. The number of rotatable bonds is 12. The summed E-state index contributed by atoms with van der Waals surface area (Å²) in [6, 6.07) is -1.32. The Balaban J connectivity index is 5.31. The molecule has 3 atom stereocenters. The fourth-order valence-corrected chi connectivity index (χ4v) is 3.17. The summed E-state index contributed by atoms with van der Waals surface area (Å²) in [5, 5.41) is 5.50. The number of hydrogen-bond donors (Lipinski definition) is 2. The van der Waals surface area contributed by atoms with Crippen LogP contribution in [-0.4, -0.2) is 35.5 Å². The summed E-state index contributed by atoms with van der Waals surface area (Å²) in [5.74, 6) is -0.615. The molecule has 0 aliphatic carbocycles. The molecule has 0 heterocycles. The van der Waals surface area contributed by atoms with Gasteiger partial charge in [-0.25, -0.2) is 0 Å². The largest absolute Gasteiger partial charge is 0.345 e. The van der Waals surface area contributed by atoms with Crippen LogP contribution in [0.2, 0.25) is 0 Å². The molecule has 0 aromatic heterocycles. The Morgan fingerprint density at radius 1 is 0.741 bits per heavy atom. The van der Waals surface area contributed by atoms with Crippen LogP contribution in [0.15, 0.2) is 0 Å². The average Bonchev–Trinajstić information content (AvgIpc) is 2.48. The highest BCUT2D eigenvalue weighted by atomic mass is 16.2. The van der Waals surface area contributed by atoms with Crippen LogP contribution in [0.4, 0.5) is 0 Å². The number of ketones is 2. The van der Waals surface area contributed by atoms with E-state index in [0.29, 0.717) is 12.8 Å². The number of amides is 2. The molecule has 0 saturated carbocycles. The van der Waals surface area contributed by atoms with Gasteiger partial charge in [0.1, 0.15) is 11.8 Å². The predicted molar refractivity (Wildman–Crippen MR) is 107 cm³/mol. The summed E-state index contributed by atoms with van der Waals surface area (Å²) in [4.78, 5) is 48.9. The maximum Gasteiger partial charge on any atom is 0.243 e. The number of carbonyl (C=O) groups excluding carboxylic acids is 4. The van der Waals surface area contributed by atoms with Gasteiger partial charge in [0.2, 0.25) is 11.8 Å². The summed E-state index contributed by atoms with van der Waals surface area (Å²) in [6.45, 7) is 14.6. The Labute approximate surface area is 164 Å². The molecule has 0 unspecified atom stereocenters. The van der Waals surface area contributed by atoms with E-state index >= 15 is 0 Å². The van der Waals surface area contributed by atoms with E-state index in [9.17, 15) is 19.2 Å². The number of carbonyl (C=O) groups is 4. The smallest absolute Gasteiger partial charge is 0.243 e. The lowest BCUT2D eigenvalue weighted by molar-refractivity contribution is -0.133. The lowest BCUT2D eigenvalue weighted by atomic mass is 9.85. The molecule has 0 saturated heterocycles.